The summed E-state index contributed by atoms with van der Waals surface area (Å²) in [6, 6.07) is 16.8. The largest absolute Gasteiger partial charge is 0.462 e. The summed E-state index contributed by atoms with van der Waals surface area (Å²) in [5.74, 6) is -2.15. The van der Waals surface area contributed by atoms with Crippen molar-refractivity contribution in [2.24, 2.45) is 5.92 Å². The number of ether oxygens (including phenoxy) is 1. The van der Waals surface area contributed by atoms with Crippen LogP contribution in [-0.2, 0) is 19.2 Å². The molecule has 3 atom stereocenters. The summed E-state index contributed by atoms with van der Waals surface area (Å²) in [5, 5.41) is 2.00. The second-order valence-corrected chi connectivity index (χ2v) is 9.92. The van der Waals surface area contributed by atoms with Gasteiger partial charge in [-0.25, -0.2) is 14.8 Å². The minimum absolute atomic E-state index is 0.199. The highest BCUT2D eigenvalue weighted by molar-refractivity contribution is 7.17. The highest BCUT2D eigenvalue weighted by Gasteiger charge is 2.61. The number of rotatable bonds is 5. The number of fused-ring (bicyclic) bond motifs is 1. The van der Waals surface area contributed by atoms with Crippen molar-refractivity contribution in [3.05, 3.63) is 81.7 Å². The first kappa shape index (κ1) is 23.3. The highest BCUT2D eigenvalue weighted by Crippen LogP contribution is 2.50. The Morgan fingerprint density at radius 3 is 2.37 bits per heavy atom. The van der Waals surface area contributed by atoms with E-state index in [1.807, 2.05) is 68.4 Å². The number of thiophene rings is 1. The molecule has 0 aliphatic carbocycles. The molecule has 0 unspecified atom stereocenters. The van der Waals surface area contributed by atoms with Gasteiger partial charge in [0.15, 0.2) is 6.10 Å². The second kappa shape index (κ2) is 8.94. The van der Waals surface area contributed by atoms with Crippen molar-refractivity contribution >= 4 is 39.8 Å². The molecule has 5 rings (SSSR count). The zero-order valence-corrected chi connectivity index (χ0v) is 20.8. The van der Waals surface area contributed by atoms with Crippen LogP contribution in [0.1, 0.15) is 44.9 Å². The van der Waals surface area contributed by atoms with Gasteiger partial charge in [-0.05, 0) is 50.5 Å². The molecule has 2 aliphatic heterocycles. The number of anilines is 2. The fourth-order valence-corrected chi connectivity index (χ4v) is 5.99. The summed E-state index contributed by atoms with van der Waals surface area (Å²) >= 11 is 1.25. The fourth-order valence-electron chi connectivity index (χ4n) is 4.83. The highest BCUT2D eigenvalue weighted by atomic mass is 32.1. The Hall–Kier alpha value is -3.49. The third-order valence-corrected chi connectivity index (χ3v) is 7.85. The minimum Gasteiger partial charge on any atom is -0.462 e. The van der Waals surface area contributed by atoms with Crippen molar-refractivity contribution in [1.82, 2.24) is 0 Å². The van der Waals surface area contributed by atoms with Gasteiger partial charge in [-0.3, -0.25) is 14.4 Å². The van der Waals surface area contributed by atoms with Crippen LogP contribution >= 0.6 is 11.3 Å². The molecule has 2 aliphatic rings. The van der Waals surface area contributed by atoms with Gasteiger partial charge >= 0.3 is 5.97 Å². The third kappa shape index (κ3) is 3.64. The van der Waals surface area contributed by atoms with Gasteiger partial charge in [0, 0.05) is 4.88 Å². The number of benzene rings is 2. The van der Waals surface area contributed by atoms with E-state index in [4.69, 9.17) is 9.57 Å². The number of carbonyl (C=O) groups is 3. The Bertz CT molecular complexity index is 1320. The SMILES string of the molecule is CCOC(=O)c1c(N2C(=O)[C@@H]3[C@H](ON(c4ccccc4C)[C@@H]3c3ccccc3)C2=O)sc(C)c1C. The van der Waals surface area contributed by atoms with E-state index in [1.165, 1.54) is 11.3 Å². The molecule has 1 aromatic heterocycles. The quantitative estimate of drug-likeness (QED) is 0.374. The Labute approximate surface area is 207 Å². The molecular formula is C27H26N2O5S. The van der Waals surface area contributed by atoms with Crippen molar-refractivity contribution in [3.63, 3.8) is 0 Å². The summed E-state index contributed by atoms with van der Waals surface area (Å²) < 4.78 is 5.24. The van der Waals surface area contributed by atoms with E-state index >= 15 is 0 Å². The van der Waals surface area contributed by atoms with Crippen LogP contribution in [0, 0.1) is 26.7 Å². The normalized spacial score (nSPS) is 21.5. The summed E-state index contributed by atoms with van der Waals surface area (Å²) in [6.45, 7) is 7.55. The van der Waals surface area contributed by atoms with Crippen LogP contribution < -0.4 is 9.96 Å². The number of carbonyl (C=O) groups excluding carboxylic acids is 3. The average Bonchev–Trinajstić information content (AvgIpc) is 3.45. The number of hydrogen-bond acceptors (Lipinski definition) is 7. The molecule has 35 heavy (non-hydrogen) atoms. The number of hydroxylamine groups is 1. The van der Waals surface area contributed by atoms with Gasteiger partial charge in [0.05, 0.1) is 23.9 Å². The molecule has 2 fully saturated rings. The van der Waals surface area contributed by atoms with E-state index in [0.717, 1.165) is 26.6 Å². The van der Waals surface area contributed by atoms with Crippen molar-refractivity contribution in [2.45, 2.75) is 39.8 Å². The van der Waals surface area contributed by atoms with E-state index in [2.05, 4.69) is 0 Å². The zero-order chi connectivity index (χ0) is 24.9. The topological polar surface area (TPSA) is 76.2 Å². The van der Waals surface area contributed by atoms with Crippen molar-refractivity contribution < 1.29 is 24.0 Å². The molecule has 3 heterocycles. The molecule has 3 aromatic rings. The third-order valence-electron chi connectivity index (χ3n) is 6.66. The number of hydrogen-bond donors (Lipinski definition) is 0. The van der Waals surface area contributed by atoms with E-state index in [1.54, 1.807) is 18.9 Å². The molecule has 0 N–H and O–H groups in total. The molecule has 8 heteroatoms. The number of aryl methyl sites for hydroxylation is 2. The van der Waals surface area contributed by atoms with Crippen LogP contribution in [0.5, 0.6) is 0 Å². The molecule has 7 nitrogen and oxygen atoms in total. The number of imide groups is 1. The van der Waals surface area contributed by atoms with Gasteiger partial charge in [0.25, 0.3) is 5.91 Å². The van der Waals surface area contributed by atoms with Crippen LogP contribution in [0.2, 0.25) is 0 Å². The first-order valence-corrected chi connectivity index (χ1v) is 12.4. The van der Waals surface area contributed by atoms with Crippen LogP contribution in [0.4, 0.5) is 10.7 Å². The van der Waals surface area contributed by atoms with E-state index < -0.39 is 29.9 Å². The van der Waals surface area contributed by atoms with Gasteiger partial charge in [-0.15, -0.1) is 11.3 Å². The van der Waals surface area contributed by atoms with E-state index in [-0.39, 0.29) is 18.1 Å². The summed E-state index contributed by atoms with van der Waals surface area (Å²) in [7, 11) is 0. The first-order chi connectivity index (χ1) is 16.8. The Morgan fingerprint density at radius 1 is 1.00 bits per heavy atom. The van der Waals surface area contributed by atoms with Gasteiger partial charge in [0.1, 0.15) is 10.9 Å². The lowest BCUT2D eigenvalue weighted by Crippen LogP contribution is -2.38. The van der Waals surface area contributed by atoms with Crippen LogP contribution in [-0.4, -0.2) is 30.5 Å². The molecule has 0 spiro atoms. The molecule has 0 bridgehead atoms. The van der Waals surface area contributed by atoms with Gasteiger partial charge in [-0.2, -0.15) is 0 Å². The lowest BCUT2D eigenvalue weighted by molar-refractivity contribution is -0.126. The Balaban J connectivity index is 1.60. The van der Waals surface area contributed by atoms with Crippen molar-refractivity contribution in [1.29, 1.82) is 0 Å². The maximum Gasteiger partial charge on any atom is 0.341 e. The summed E-state index contributed by atoms with van der Waals surface area (Å²) in [4.78, 5) is 48.7. The van der Waals surface area contributed by atoms with Crippen LogP contribution in [0.25, 0.3) is 0 Å². The monoisotopic (exact) mass is 490 g/mol. The Kier molecular flexibility index (Phi) is 5.94. The average molecular weight is 491 g/mol. The molecule has 0 saturated carbocycles. The van der Waals surface area contributed by atoms with Crippen molar-refractivity contribution in [2.75, 3.05) is 16.6 Å². The van der Waals surface area contributed by atoms with E-state index in [0.29, 0.717) is 10.6 Å². The predicted molar refractivity (Wildman–Crippen MR) is 133 cm³/mol. The van der Waals surface area contributed by atoms with Crippen LogP contribution in [0.15, 0.2) is 54.6 Å². The first-order valence-electron chi connectivity index (χ1n) is 11.6. The molecule has 0 radical (unpaired) electrons. The van der Waals surface area contributed by atoms with Crippen LogP contribution in [0.3, 0.4) is 0 Å². The fraction of sp³-hybridized carbons (Fsp3) is 0.296. The minimum atomic E-state index is -0.995. The standard InChI is InChI=1S/C27H26N2O5S/c1-5-33-27(32)20-16(3)17(4)35-26(20)28-24(30)21-22(18-12-7-6-8-13-18)29(34-23(21)25(28)31)19-14-10-9-11-15(19)2/h6-14,21-23H,5H2,1-4H3/t21-,22+,23-/m0/s1. The Morgan fingerprint density at radius 2 is 1.69 bits per heavy atom. The number of para-hydroxylation sites is 1. The lowest BCUT2D eigenvalue weighted by Gasteiger charge is -2.29. The second-order valence-electron chi connectivity index (χ2n) is 8.72. The molecular weight excluding hydrogens is 464 g/mol. The van der Waals surface area contributed by atoms with Crippen molar-refractivity contribution in [3.8, 4) is 0 Å². The number of amides is 2. The van der Waals surface area contributed by atoms with E-state index in [9.17, 15) is 14.4 Å². The molecule has 2 saturated heterocycles. The zero-order valence-electron chi connectivity index (χ0n) is 20.0. The van der Waals surface area contributed by atoms with Gasteiger partial charge in [0.2, 0.25) is 5.91 Å². The predicted octanol–water partition coefficient (Wildman–Crippen LogP) is 4.90. The summed E-state index contributed by atoms with van der Waals surface area (Å²) in [6.07, 6.45) is -0.995. The lowest BCUT2D eigenvalue weighted by atomic mass is 9.90. The van der Waals surface area contributed by atoms with Gasteiger partial charge in [-0.1, -0.05) is 48.5 Å². The molecule has 2 amide bonds. The molecule has 2 aromatic carbocycles. The van der Waals surface area contributed by atoms with Gasteiger partial charge < -0.3 is 4.74 Å². The summed E-state index contributed by atoms with van der Waals surface area (Å²) in [5.41, 5.74) is 3.62. The number of nitrogens with zero attached hydrogens (tertiary/aromatic N) is 2. The number of esters is 1. The smallest absolute Gasteiger partial charge is 0.341 e. The maximum atomic E-state index is 13.9. The molecule has 180 valence electrons. The maximum absolute atomic E-state index is 13.9.